The molecule has 3 N–H and O–H groups in total. The maximum absolute atomic E-state index is 11.5. The van der Waals surface area contributed by atoms with Gasteiger partial charge in [-0.05, 0) is 17.7 Å². The number of rotatable bonds is 9. The second-order valence-electron chi connectivity index (χ2n) is 4.40. The highest BCUT2D eigenvalue weighted by atomic mass is 32.2. The minimum atomic E-state index is -3.74. The largest absolute Gasteiger partial charge is 0.427 e. The van der Waals surface area contributed by atoms with Crippen molar-refractivity contribution in [2.24, 2.45) is 0 Å². The number of carbonyl (C=O) groups excluding carboxylic acids is 2. The zero-order valence-corrected chi connectivity index (χ0v) is 13.0. The number of aliphatic hydroxyl groups excluding tert-OH is 1. The van der Waals surface area contributed by atoms with Crippen molar-refractivity contribution in [2.75, 3.05) is 12.9 Å². The number of aliphatic hydroxyl groups is 2. The maximum Gasteiger partial charge on any atom is 0.312 e. The Morgan fingerprint density at radius 1 is 1.30 bits per heavy atom. The molecule has 1 amide bonds. The van der Waals surface area contributed by atoms with Crippen molar-refractivity contribution in [1.29, 1.82) is 0 Å². The molecular formula is C13H17NO8S. The maximum atomic E-state index is 11.5. The molecule has 0 fully saturated rings. The summed E-state index contributed by atoms with van der Waals surface area (Å²) in [5.41, 5.74) is 0.383. The Hall–Kier alpha value is -2.01. The van der Waals surface area contributed by atoms with Crippen LogP contribution in [-0.4, -0.2) is 50.2 Å². The number of esters is 1. The minimum absolute atomic E-state index is 0.144. The number of hydrogen-bond donors (Lipinski definition) is 3. The third-order valence-corrected chi connectivity index (χ3v) is 4.04. The molecule has 0 bridgehead atoms. The van der Waals surface area contributed by atoms with Crippen LogP contribution in [-0.2, 0) is 23.9 Å². The Balaban J connectivity index is 2.66. The minimum Gasteiger partial charge on any atom is -0.427 e. The molecule has 0 spiro atoms. The molecule has 9 nitrogen and oxygen atoms in total. The third kappa shape index (κ3) is 6.32. The summed E-state index contributed by atoms with van der Waals surface area (Å²) >= 11 is 0. The molecule has 1 aromatic carbocycles. The summed E-state index contributed by atoms with van der Waals surface area (Å²) < 4.78 is 31.3. The molecule has 0 aliphatic carbocycles. The summed E-state index contributed by atoms with van der Waals surface area (Å²) in [7, 11) is -2.74. The van der Waals surface area contributed by atoms with Crippen LogP contribution in [0, 0.1) is 0 Å². The molecule has 128 valence electrons. The molecule has 0 saturated carbocycles. The average Bonchev–Trinajstić information content (AvgIpc) is 2.51. The standard InChI is InChI=1S/C13H17NO8S/c1-21-23(19,20)7-6-11(16)22-10-4-2-9(3-5-10)12(13(17)18)14-8-15/h2-5,8,12-13,17-18H,6-7H2,1H3,(H,14,15). The van der Waals surface area contributed by atoms with Gasteiger partial charge in [-0.1, -0.05) is 12.1 Å². The van der Waals surface area contributed by atoms with Gasteiger partial charge < -0.3 is 20.3 Å². The second-order valence-corrected chi connectivity index (χ2v) is 6.25. The van der Waals surface area contributed by atoms with Crippen molar-refractivity contribution in [3.8, 4) is 5.75 Å². The van der Waals surface area contributed by atoms with Crippen molar-refractivity contribution < 1.29 is 37.1 Å². The lowest BCUT2D eigenvalue weighted by Gasteiger charge is -2.18. The number of benzene rings is 1. The molecule has 0 saturated heterocycles. The summed E-state index contributed by atoms with van der Waals surface area (Å²) in [5, 5.41) is 20.6. The van der Waals surface area contributed by atoms with E-state index in [0.717, 1.165) is 7.11 Å². The summed E-state index contributed by atoms with van der Waals surface area (Å²) in [6, 6.07) is 4.58. The van der Waals surface area contributed by atoms with Gasteiger partial charge in [0.25, 0.3) is 10.1 Å². The van der Waals surface area contributed by atoms with Crippen LogP contribution in [0.1, 0.15) is 18.0 Å². The molecule has 0 heterocycles. The van der Waals surface area contributed by atoms with Crippen LogP contribution >= 0.6 is 0 Å². The SMILES string of the molecule is COS(=O)(=O)CCC(=O)Oc1ccc(C(NC=O)C(O)O)cc1. The number of carbonyl (C=O) groups is 2. The highest BCUT2D eigenvalue weighted by Crippen LogP contribution is 2.20. The average molecular weight is 347 g/mol. The van der Waals surface area contributed by atoms with Gasteiger partial charge in [0.15, 0.2) is 6.29 Å². The number of amides is 1. The van der Waals surface area contributed by atoms with Gasteiger partial charge in [0.05, 0.1) is 19.3 Å². The Morgan fingerprint density at radius 2 is 1.91 bits per heavy atom. The van der Waals surface area contributed by atoms with Crippen molar-refractivity contribution in [2.45, 2.75) is 18.8 Å². The third-order valence-electron chi connectivity index (χ3n) is 2.83. The van der Waals surface area contributed by atoms with Crippen LogP contribution in [0.3, 0.4) is 0 Å². The van der Waals surface area contributed by atoms with Crippen LogP contribution in [0.2, 0.25) is 0 Å². The van der Waals surface area contributed by atoms with Gasteiger partial charge in [0, 0.05) is 0 Å². The Kier molecular flexibility index (Phi) is 7.10. The summed E-state index contributed by atoms with van der Waals surface area (Å²) in [6.45, 7) is 0. The Labute approximate surface area is 133 Å². The molecule has 10 heteroatoms. The highest BCUT2D eigenvalue weighted by molar-refractivity contribution is 7.86. The fourth-order valence-corrected chi connectivity index (χ4v) is 2.23. The van der Waals surface area contributed by atoms with E-state index in [0.29, 0.717) is 12.0 Å². The van der Waals surface area contributed by atoms with E-state index in [1.165, 1.54) is 24.3 Å². The van der Waals surface area contributed by atoms with Crippen LogP contribution < -0.4 is 10.1 Å². The summed E-state index contributed by atoms with van der Waals surface area (Å²) in [6.07, 6.45) is -1.84. The van der Waals surface area contributed by atoms with Crippen LogP contribution in [0.25, 0.3) is 0 Å². The van der Waals surface area contributed by atoms with E-state index in [1.807, 2.05) is 0 Å². The summed E-state index contributed by atoms with van der Waals surface area (Å²) in [4.78, 5) is 21.9. The van der Waals surface area contributed by atoms with Crippen LogP contribution in [0.4, 0.5) is 0 Å². The predicted molar refractivity (Wildman–Crippen MR) is 77.7 cm³/mol. The predicted octanol–water partition coefficient (Wildman–Crippen LogP) is -0.944. The molecule has 1 rings (SSSR count). The topological polar surface area (TPSA) is 139 Å². The van der Waals surface area contributed by atoms with E-state index in [2.05, 4.69) is 9.50 Å². The second kappa shape index (κ2) is 8.58. The van der Waals surface area contributed by atoms with E-state index in [1.54, 1.807) is 0 Å². The first-order chi connectivity index (χ1) is 10.8. The lowest BCUT2D eigenvalue weighted by atomic mass is 10.1. The van der Waals surface area contributed by atoms with Crippen LogP contribution in [0.5, 0.6) is 5.75 Å². The molecule has 0 aliphatic heterocycles. The number of ether oxygens (including phenoxy) is 1. The Morgan fingerprint density at radius 3 is 2.39 bits per heavy atom. The van der Waals surface area contributed by atoms with Gasteiger partial charge in [0.2, 0.25) is 6.41 Å². The first kappa shape index (κ1) is 19.0. The fraction of sp³-hybridized carbons (Fsp3) is 0.385. The van der Waals surface area contributed by atoms with Crippen LogP contribution in [0.15, 0.2) is 24.3 Å². The zero-order chi connectivity index (χ0) is 17.5. The molecule has 23 heavy (non-hydrogen) atoms. The lowest BCUT2D eigenvalue weighted by Crippen LogP contribution is -2.30. The van der Waals surface area contributed by atoms with E-state index < -0.39 is 34.2 Å². The lowest BCUT2D eigenvalue weighted by molar-refractivity contribution is -0.134. The first-order valence-corrected chi connectivity index (χ1v) is 8.01. The van der Waals surface area contributed by atoms with Gasteiger partial charge >= 0.3 is 5.97 Å². The van der Waals surface area contributed by atoms with Gasteiger partial charge in [-0.3, -0.25) is 13.8 Å². The van der Waals surface area contributed by atoms with Gasteiger partial charge in [-0.25, -0.2) is 0 Å². The van der Waals surface area contributed by atoms with Gasteiger partial charge in [-0.2, -0.15) is 8.42 Å². The fourth-order valence-electron chi connectivity index (χ4n) is 1.65. The van der Waals surface area contributed by atoms with E-state index >= 15 is 0 Å². The molecule has 1 unspecified atom stereocenters. The van der Waals surface area contributed by atoms with Crippen molar-refractivity contribution in [3.05, 3.63) is 29.8 Å². The smallest absolute Gasteiger partial charge is 0.312 e. The monoisotopic (exact) mass is 347 g/mol. The normalized spacial score (nSPS) is 12.7. The molecule has 1 atom stereocenters. The quantitative estimate of drug-likeness (QED) is 0.171. The van der Waals surface area contributed by atoms with Gasteiger partial charge in [0.1, 0.15) is 11.8 Å². The molecule has 0 aliphatic rings. The highest BCUT2D eigenvalue weighted by Gasteiger charge is 2.18. The van der Waals surface area contributed by atoms with E-state index in [-0.39, 0.29) is 12.2 Å². The van der Waals surface area contributed by atoms with E-state index in [4.69, 9.17) is 14.9 Å². The number of nitrogens with one attached hydrogen (secondary N) is 1. The Bertz CT molecular complexity index is 626. The van der Waals surface area contributed by atoms with Crippen molar-refractivity contribution in [1.82, 2.24) is 5.32 Å². The molecule has 0 radical (unpaired) electrons. The molecule has 1 aromatic rings. The van der Waals surface area contributed by atoms with Crippen molar-refractivity contribution in [3.63, 3.8) is 0 Å². The zero-order valence-electron chi connectivity index (χ0n) is 12.2. The number of hydrogen-bond acceptors (Lipinski definition) is 8. The van der Waals surface area contributed by atoms with Gasteiger partial charge in [-0.15, -0.1) is 0 Å². The van der Waals surface area contributed by atoms with Crippen molar-refractivity contribution >= 4 is 22.5 Å². The molecular weight excluding hydrogens is 330 g/mol. The summed E-state index contributed by atoms with van der Waals surface area (Å²) in [5.74, 6) is -1.11. The molecule has 0 aromatic heterocycles. The first-order valence-electron chi connectivity index (χ1n) is 6.44. The van der Waals surface area contributed by atoms with E-state index in [9.17, 15) is 18.0 Å².